The van der Waals surface area contributed by atoms with Gasteiger partial charge in [-0.05, 0) is 13.0 Å². The lowest BCUT2D eigenvalue weighted by Crippen LogP contribution is -1.97. The van der Waals surface area contributed by atoms with Crippen molar-refractivity contribution in [2.45, 2.75) is 6.92 Å². The van der Waals surface area contributed by atoms with Gasteiger partial charge < -0.3 is 5.21 Å². The highest BCUT2D eigenvalue weighted by atomic mass is 16.6. The van der Waals surface area contributed by atoms with Crippen LogP contribution >= 0.6 is 0 Å². The zero-order valence-electron chi connectivity index (χ0n) is 6.84. The van der Waals surface area contributed by atoms with Crippen molar-refractivity contribution in [3.05, 3.63) is 33.6 Å². The predicted molar refractivity (Wildman–Crippen MR) is 45.0 cm³/mol. The van der Waals surface area contributed by atoms with Crippen molar-refractivity contribution in [1.29, 1.82) is 0 Å². The number of aryl methyl sites for hydroxylation is 1. The van der Waals surface area contributed by atoms with Crippen LogP contribution in [0.15, 0.2) is 17.3 Å². The van der Waals surface area contributed by atoms with Crippen LogP contribution in [0.5, 0.6) is 0 Å². The first-order chi connectivity index (χ1) is 6.15. The molecule has 1 aromatic rings. The highest BCUT2D eigenvalue weighted by Crippen LogP contribution is 2.14. The SMILES string of the molecule is Cc1nc(C=NO)ccc1[N+](=O)[O-]. The van der Waals surface area contributed by atoms with Gasteiger partial charge in [0, 0.05) is 6.07 Å². The minimum absolute atomic E-state index is 0.0462. The van der Waals surface area contributed by atoms with Gasteiger partial charge in [0.05, 0.1) is 16.8 Å². The summed E-state index contributed by atoms with van der Waals surface area (Å²) in [7, 11) is 0. The number of oxime groups is 1. The van der Waals surface area contributed by atoms with Crippen molar-refractivity contribution in [3.8, 4) is 0 Å². The molecule has 0 aromatic carbocycles. The van der Waals surface area contributed by atoms with Gasteiger partial charge in [-0.2, -0.15) is 0 Å². The molecule has 0 spiro atoms. The number of hydrogen-bond donors (Lipinski definition) is 1. The van der Waals surface area contributed by atoms with E-state index in [0.717, 1.165) is 6.21 Å². The van der Waals surface area contributed by atoms with Gasteiger partial charge in [0.1, 0.15) is 5.69 Å². The monoisotopic (exact) mass is 181 g/mol. The van der Waals surface area contributed by atoms with E-state index in [1.54, 1.807) is 0 Å². The summed E-state index contributed by atoms with van der Waals surface area (Å²) >= 11 is 0. The Balaban J connectivity index is 3.12. The number of nitro groups is 1. The Kier molecular flexibility index (Phi) is 2.53. The van der Waals surface area contributed by atoms with E-state index in [-0.39, 0.29) is 5.69 Å². The van der Waals surface area contributed by atoms with Crippen LogP contribution in [0.4, 0.5) is 5.69 Å². The summed E-state index contributed by atoms with van der Waals surface area (Å²) in [5.41, 5.74) is 0.628. The van der Waals surface area contributed by atoms with E-state index in [4.69, 9.17) is 5.21 Å². The Labute approximate surface area is 73.7 Å². The summed E-state index contributed by atoms with van der Waals surface area (Å²) in [5.74, 6) is 0. The highest BCUT2D eigenvalue weighted by molar-refractivity contribution is 5.76. The third-order valence-electron chi connectivity index (χ3n) is 1.47. The minimum Gasteiger partial charge on any atom is -0.411 e. The molecule has 0 aliphatic heterocycles. The first-order valence-electron chi connectivity index (χ1n) is 3.44. The molecule has 6 nitrogen and oxygen atoms in total. The number of nitrogens with zero attached hydrogens (tertiary/aromatic N) is 3. The molecular formula is C7H7N3O3. The molecular weight excluding hydrogens is 174 g/mol. The van der Waals surface area contributed by atoms with Crippen LogP contribution < -0.4 is 0 Å². The molecule has 0 amide bonds. The van der Waals surface area contributed by atoms with Gasteiger partial charge in [-0.3, -0.25) is 10.1 Å². The third-order valence-corrected chi connectivity index (χ3v) is 1.47. The molecule has 0 aliphatic rings. The standard InChI is InChI=1S/C7H7N3O3/c1-5-7(10(12)13)3-2-6(9-5)4-8-11/h2-4,11H,1H3. The van der Waals surface area contributed by atoms with Gasteiger partial charge in [0.15, 0.2) is 0 Å². The van der Waals surface area contributed by atoms with Crippen molar-refractivity contribution >= 4 is 11.9 Å². The van der Waals surface area contributed by atoms with E-state index in [0.29, 0.717) is 11.4 Å². The number of pyridine rings is 1. The molecule has 0 bridgehead atoms. The van der Waals surface area contributed by atoms with Crippen LogP contribution in [-0.4, -0.2) is 21.3 Å². The lowest BCUT2D eigenvalue weighted by atomic mass is 10.3. The fraction of sp³-hybridized carbons (Fsp3) is 0.143. The van der Waals surface area contributed by atoms with Gasteiger partial charge in [-0.25, -0.2) is 4.98 Å². The van der Waals surface area contributed by atoms with Crippen molar-refractivity contribution in [3.63, 3.8) is 0 Å². The van der Waals surface area contributed by atoms with Crippen LogP contribution in [0.1, 0.15) is 11.4 Å². The Bertz CT molecular complexity index is 362. The summed E-state index contributed by atoms with van der Waals surface area (Å²) in [5, 5.41) is 21.3. The van der Waals surface area contributed by atoms with Crippen LogP contribution in [0.25, 0.3) is 0 Å². The van der Waals surface area contributed by atoms with Gasteiger partial charge in [0.25, 0.3) is 5.69 Å². The zero-order valence-corrected chi connectivity index (χ0v) is 6.84. The van der Waals surface area contributed by atoms with Crippen LogP contribution in [0.3, 0.4) is 0 Å². The fourth-order valence-corrected chi connectivity index (χ4v) is 0.897. The molecule has 0 unspecified atom stereocenters. The van der Waals surface area contributed by atoms with E-state index in [1.807, 2.05) is 0 Å². The molecule has 0 aliphatic carbocycles. The second-order valence-electron chi connectivity index (χ2n) is 2.34. The number of aromatic nitrogens is 1. The second kappa shape index (κ2) is 3.61. The molecule has 1 rings (SSSR count). The summed E-state index contributed by atoms with van der Waals surface area (Å²) in [6.45, 7) is 1.52. The smallest absolute Gasteiger partial charge is 0.290 e. The van der Waals surface area contributed by atoms with E-state index >= 15 is 0 Å². The molecule has 13 heavy (non-hydrogen) atoms. The summed E-state index contributed by atoms with van der Waals surface area (Å²) in [4.78, 5) is 13.7. The van der Waals surface area contributed by atoms with E-state index in [2.05, 4.69) is 10.1 Å². The van der Waals surface area contributed by atoms with Gasteiger partial charge in [0.2, 0.25) is 0 Å². The first kappa shape index (κ1) is 9.11. The molecule has 0 radical (unpaired) electrons. The van der Waals surface area contributed by atoms with Crippen LogP contribution in [0, 0.1) is 17.0 Å². The maximum absolute atomic E-state index is 10.4. The van der Waals surface area contributed by atoms with Crippen molar-refractivity contribution in [1.82, 2.24) is 4.98 Å². The Morgan fingerprint density at radius 1 is 1.69 bits per heavy atom. The summed E-state index contributed by atoms with van der Waals surface area (Å²) < 4.78 is 0. The molecule has 68 valence electrons. The molecule has 1 aromatic heterocycles. The summed E-state index contributed by atoms with van der Waals surface area (Å²) in [6.07, 6.45) is 1.11. The van der Waals surface area contributed by atoms with E-state index < -0.39 is 4.92 Å². The molecule has 0 atom stereocenters. The minimum atomic E-state index is -0.512. The van der Waals surface area contributed by atoms with Gasteiger partial charge in [-0.1, -0.05) is 5.16 Å². The normalized spacial score (nSPS) is 10.5. The first-order valence-corrected chi connectivity index (χ1v) is 3.44. The third kappa shape index (κ3) is 1.98. The van der Waals surface area contributed by atoms with Crippen LogP contribution in [-0.2, 0) is 0 Å². The summed E-state index contributed by atoms with van der Waals surface area (Å²) in [6, 6.07) is 2.73. The predicted octanol–water partition coefficient (Wildman–Crippen LogP) is 1.11. The second-order valence-corrected chi connectivity index (χ2v) is 2.34. The van der Waals surface area contributed by atoms with Crippen molar-refractivity contribution < 1.29 is 10.1 Å². The topological polar surface area (TPSA) is 88.6 Å². The number of rotatable bonds is 2. The molecule has 0 saturated carbocycles. The fourth-order valence-electron chi connectivity index (χ4n) is 0.897. The Morgan fingerprint density at radius 2 is 2.38 bits per heavy atom. The molecule has 0 fully saturated rings. The number of hydrogen-bond acceptors (Lipinski definition) is 5. The van der Waals surface area contributed by atoms with Gasteiger partial charge >= 0.3 is 0 Å². The average Bonchev–Trinajstić information content (AvgIpc) is 2.04. The maximum atomic E-state index is 10.4. The van der Waals surface area contributed by atoms with Crippen molar-refractivity contribution in [2.24, 2.45) is 5.16 Å². The van der Waals surface area contributed by atoms with Crippen LogP contribution in [0.2, 0.25) is 0 Å². The van der Waals surface area contributed by atoms with Crippen molar-refractivity contribution in [2.75, 3.05) is 0 Å². The van der Waals surface area contributed by atoms with E-state index in [9.17, 15) is 10.1 Å². The Morgan fingerprint density at radius 3 is 2.85 bits per heavy atom. The molecule has 6 heteroatoms. The lowest BCUT2D eigenvalue weighted by molar-refractivity contribution is -0.385. The van der Waals surface area contributed by atoms with E-state index in [1.165, 1.54) is 19.1 Å². The Hall–Kier alpha value is -1.98. The largest absolute Gasteiger partial charge is 0.411 e. The lowest BCUT2D eigenvalue weighted by Gasteiger charge is -1.96. The molecule has 0 saturated heterocycles. The molecule has 1 N–H and O–H groups in total. The zero-order chi connectivity index (χ0) is 9.84. The quantitative estimate of drug-likeness (QED) is 0.320. The highest BCUT2D eigenvalue weighted by Gasteiger charge is 2.10. The van der Waals surface area contributed by atoms with Gasteiger partial charge in [-0.15, -0.1) is 0 Å². The molecule has 1 heterocycles. The maximum Gasteiger partial charge on any atom is 0.290 e. The average molecular weight is 181 g/mol.